The van der Waals surface area contributed by atoms with E-state index in [4.69, 9.17) is 47.3 Å². The molecule has 4 aliphatic rings. The first kappa shape index (κ1) is 58.1. The van der Waals surface area contributed by atoms with Crippen LogP contribution >= 0.6 is 0 Å². The highest BCUT2D eigenvalue weighted by Crippen LogP contribution is 2.42. The van der Waals surface area contributed by atoms with E-state index in [1.165, 1.54) is 51.4 Å². The molecule has 0 bridgehead atoms. The first-order chi connectivity index (χ1) is 39.9. The predicted molar refractivity (Wildman–Crippen MR) is 314 cm³/mol. The second-order valence-corrected chi connectivity index (χ2v) is 22.7. The number of carbonyl (C=O) groups is 1. The fraction of sp³-hybridized carbons (Fsp3) is 0.500. The number of amides is 1. The topological polar surface area (TPSA) is 315 Å². The van der Waals surface area contributed by atoms with Crippen molar-refractivity contribution in [3.63, 3.8) is 0 Å². The minimum atomic E-state index is -0.711. The maximum absolute atomic E-state index is 15.6. The molecule has 12 rings (SSSR count). The summed E-state index contributed by atoms with van der Waals surface area (Å²) in [7, 11) is 7.30. The summed E-state index contributed by atoms with van der Waals surface area (Å²) < 4.78 is 50.5. The average Bonchev–Trinajstić information content (AvgIpc) is 2.81. The van der Waals surface area contributed by atoms with Crippen molar-refractivity contribution < 1.29 is 27.8 Å². The molecule has 0 unspecified atom stereocenters. The fourth-order valence-corrected chi connectivity index (χ4v) is 11.7. The van der Waals surface area contributed by atoms with E-state index in [9.17, 15) is 9.18 Å². The molecule has 2 saturated carbocycles. The van der Waals surface area contributed by atoms with Gasteiger partial charge in [-0.15, -0.1) is 0 Å². The monoisotopic (exact) mass is 1140 g/mol. The van der Waals surface area contributed by atoms with Gasteiger partial charge in [-0.25, -0.2) is 52.8 Å². The maximum Gasteiger partial charge on any atom is 0.412 e. The van der Waals surface area contributed by atoms with Gasteiger partial charge in [0.05, 0.1) is 60.0 Å². The molecule has 2 aliphatic carbocycles. The van der Waals surface area contributed by atoms with E-state index in [1.54, 1.807) is 33.0 Å². The van der Waals surface area contributed by atoms with E-state index in [1.807, 2.05) is 9.36 Å². The van der Waals surface area contributed by atoms with E-state index in [-0.39, 0.29) is 52.0 Å². The van der Waals surface area contributed by atoms with Gasteiger partial charge in [-0.3, -0.25) is 20.2 Å². The lowest BCUT2D eigenvalue weighted by atomic mass is 9.90. The summed E-state index contributed by atoms with van der Waals surface area (Å²) in [5, 5.41) is 20.5. The molecule has 0 atom stereocenters. The minimum absolute atomic E-state index is 0.118. The van der Waals surface area contributed by atoms with Gasteiger partial charge in [-0.1, -0.05) is 0 Å². The molecule has 2 aliphatic heterocycles. The van der Waals surface area contributed by atoms with Crippen molar-refractivity contribution in [1.82, 2.24) is 79.3 Å². The zero-order valence-corrected chi connectivity index (χ0v) is 48.1. The molecule has 6 aromatic heterocycles. The molecule has 4 fully saturated rings. The Morgan fingerprint density at radius 2 is 1.05 bits per heavy atom. The number of anilines is 5. The van der Waals surface area contributed by atoms with Gasteiger partial charge >= 0.3 is 6.09 Å². The zero-order chi connectivity index (χ0) is 58.7. The lowest BCUT2D eigenvalue weighted by molar-refractivity contribution is 0.0635. The number of ether oxygens (including phenoxy) is 3. The number of halogens is 2. The number of aromatic nitrogens is 12. The van der Waals surface area contributed by atoms with Crippen LogP contribution in [0.2, 0.25) is 0 Å². The van der Waals surface area contributed by atoms with Crippen LogP contribution in [0, 0.1) is 11.6 Å². The van der Waals surface area contributed by atoms with Crippen LogP contribution in [-0.4, -0.2) is 184 Å². The number of nitrogens with zero attached hydrogens (tertiary/aromatic N) is 15. The van der Waals surface area contributed by atoms with E-state index >= 15 is 4.39 Å². The zero-order valence-electron chi connectivity index (χ0n) is 48.1. The number of benzene rings is 2. The first-order valence-electron chi connectivity index (χ1n) is 28.1. The molecule has 83 heavy (non-hydrogen) atoms. The van der Waals surface area contributed by atoms with Gasteiger partial charge in [0, 0.05) is 87.7 Å². The normalized spacial score (nSPS) is 20.3. The molecule has 27 heteroatoms. The second-order valence-electron chi connectivity index (χ2n) is 22.7. The third-order valence-electron chi connectivity index (χ3n) is 16.2. The second kappa shape index (κ2) is 24.8. The van der Waals surface area contributed by atoms with Crippen LogP contribution < -0.4 is 37.7 Å². The Morgan fingerprint density at radius 1 is 0.602 bits per heavy atom. The lowest BCUT2D eigenvalue weighted by Gasteiger charge is -2.41. The van der Waals surface area contributed by atoms with E-state index in [0.29, 0.717) is 62.8 Å². The van der Waals surface area contributed by atoms with Crippen LogP contribution in [0.4, 0.5) is 42.4 Å². The Labute approximate surface area is 479 Å². The van der Waals surface area contributed by atoms with Crippen molar-refractivity contribution in [3.8, 4) is 34.0 Å². The number of nitrogens with one attached hydrogen (secondary N) is 2. The highest BCUT2D eigenvalue weighted by atomic mass is 19.1. The molecular weight excluding hydrogens is 1070 g/mol. The molecule has 2 saturated heterocycles. The first-order valence-corrected chi connectivity index (χ1v) is 28.1. The van der Waals surface area contributed by atoms with Crippen LogP contribution in [0.15, 0.2) is 49.4 Å². The molecular formula is C56H75F2N21O4. The number of nitrogen functional groups attached to an aromatic ring is 4. The van der Waals surface area contributed by atoms with Gasteiger partial charge in [-0.2, -0.15) is 15.3 Å². The molecule has 0 radical (unpaired) electrons. The Bertz CT molecular complexity index is 3550. The summed E-state index contributed by atoms with van der Waals surface area (Å²) in [4.78, 5) is 47.3. The number of fused-ring (bicyclic) bond motifs is 3. The third kappa shape index (κ3) is 12.8. The van der Waals surface area contributed by atoms with Gasteiger partial charge in [0.15, 0.2) is 16.9 Å². The largest absolute Gasteiger partial charge is 0.495 e. The average molecular weight is 1140 g/mol. The number of hydrogen-bond acceptors (Lipinski definition) is 21. The Morgan fingerprint density at radius 3 is 1.52 bits per heavy atom. The lowest BCUT2D eigenvalue weighted by Crippen LogP contribution is -2.49. The predicted octanol–water partition coefficient (Wildman–Crippen LogP) is 6.77. The Hall–Kier alpha value is -8.14. The van der Waals surface area contributed by atoms with E-state index < -0.39 is 23.3 Å². The number of nitrogens with two attached hydrogens (primary N) is 4. The maximum atomic E-state index is 15.6. The molecule has 25 nitrogen and oxygen atoms in total. The van der Waals surface area contributed by atoms with Crippen molar-refractivity contribution in [2.45, 2.75) is 102 Å². The number of H-pyrrole nitrogens is 1. The number of methoxy groups -OCH3 is 2. The van der Waals surface area contributed by atoms with E-state index in [0.717, 1.165) is 109 Å². The number of piperazine rings is 2. The van der Waals surface area contributed by atoms with Gasteiger partial charge in [-0.05, 0) is 98.4 Å². The molecule has 442 valence electrons. The van der Waals surface area contributed by atoms with Crippen molar-refractivity contribution in [1.29, 1.82) is 0 Å². The molecule has 0 spiro atoms. The summed E-state index contributed by atoms with van der Waals surface area (Å²) in [6.07, 6.45) is 13.4. The van der Waals surface area contributed by atoms with Crippen molar-refractivity contribution >= 4 is 68.0 Å². The molecule has 10 N–H and O–H groups in total. The smallest absolute Gasteiger partial charge is 0.412 e. The molecule has 1 amide bonds. The summed E-state index contributed by atoms with van der Waals surface area (Å²) >= 11 is 0. The van der Waals surface area contributed by atoms with Gasteiger partial charge in [0.1, 0.15) is 76.6 Å². The highest BCUT2D eigenvalue weighted by molar-refractivity contribution is 6.00. The van der Waals surface area contributed by atoms with Crippen molar-refractivity contribution in [2.75, 3.05) is 109 Å². The van der Waals surface area contributed by atoms with E-state index in [2.05, 4.69) is 79.1 Å². The van der Waals surface area contributed by atoms with Gasteiger partial charge < -0.3 is 46.9 Å². The van der Waals surface area contributed by atoms with Crippen LogP contribution in [0.5, 0.6) is 11.5 Å². The third-order valence-corrected chi connectivity index (χ3v) is 16.2. The van der Waals surface area contributed by atoms with Gasteiger partial charge in [0.2, 0.25) is 0 Å². The summed E-state index contributed by atoms with van der Waals surface area (Å²) in [5.41, 5.74) is 26.7. The van der Waals surface area contributed by atoms with Crippen LogP contribution in [-0.2, 0) is 4.74 Å². The quantitative estimate of drug-likeness (QED) is 0.0812. The minimum Gasteiger partial charge on any atom is -0.495 e. The molecule has 8 heterocycles. The number of likely N-dealkylation sites (N-methyl/N-ethyl adjacent to an activating group) is 2. The summed E-state index contributed by atoms with van der Waals surface area (Å²) in [5.74, 6) is 0.528. The number of hydrogen-bond donors (Lipinski definition) is 6. The van der Waals surface area contributed by atoms with Gasteiger partial charge in [0.25, 0.3) is 0 Å². The summed E-state index contributed by atoms with van der Waals surface area (Å²) in [6, 6.07) is 6.99. The van der Waals surface area contributed by atoms with Crippen molar-refractivity contribution in [2.24, 2.45) is 0 Å². The summed E-state index contributed by atoms with van der Waals surface area (Å²) in [6.45, 7) is 14.2. The Kier molecular flexibility index (Phi) is 17.3. The molecule has 2 aromatic carbocycles. The number of aromatic amines is 1. The SMILES string of the molecule is COc1cc(-c2nn(C3CCC(N4CCN(C)CC4)CC3)c3ncnc(N)c23)c(F)cc1NC(=O)OC(C)(C)C.COc1cc(-c2nn([C@H]3CC[C@H](N4CCN(C)CC4)CC3)c3ncnc(N)c23)c(F)cc1N.Nc1ncnc2[nH]ncc12. The van der Waals surface area contributed by atoms with Crippen LogP contribution in [0.25, 0.3) is 55.6 Å². The van der Waals surface area contributed by atoms with Crippen LogP contribution in [0.1, 0.15) is 84.2 Å². The standard InChI is InChI=1S/C28H39FN8O3.C23H31FN8O.C5H5N5/c1-28(2,3)40-27(38)33-21-15-20(29)19(14-22(21)39-5)24-23-25(30)31-16-32-26(23)37(34-24)18-8-6-17(7-9-18)36-12-10-35(4)11-13-36;1-30-7-9-31(10-8-30)14-3-5-15(6-4-14)32-23-20(22(26)27-13-28-23)21(29-32)16-11-19(33-2)18(25)12-17(16)24;6-4-3-1-9-10-5(3)8-2-7-4/h14-18H,6-13H2,1-5H3,(H,33,38)(H2,30,31,32);11-15H,3-10,25H2,1-2H3,(H2,26,27,28);1-2H,(H3,6,7,8,9,10)/t;14-,15-;. The number of rotatable bonds is 9. The molecule has 8 aromatic rings. The van der Waals surface area contributed by atoms with Crippen LogP contribution in [0.3, 0.4) is 0 Å². The number of carbonyl (C=O) groups excluding carboxylic acids is 1. The van der Waals surface area contributed by atoms with Crippen molar-refractivity contribution in [3.05, 3.63) is 61.1 Å². The Balaban J connectivity index is 0.000000160. The fourth-order valence-electron chi connectivity index (χ4n) is 11.7. The highest BCUT2D eigenvalue weighted by Gasteiger charge is 2.34.